The van der Waals surface area contributed by atoms with E-state index in [-0.39, 0.29) is 5.69 Å². The second-order valence-electron chi connectivity index (χ2n) is 3.59. The summed E-state index contributed by atoms with van der Waals surface area (Å²) >= 11 is 0. The van der Waals surface area contributed by atoms with Gasteiger partial charge in [-0.2, -0.15) is 13.2 Å². The van der Waals surface area contributed by atoms with Crippen LogP contribution in [0.25, 0.3) is 0 Å². The number of hydrogen-bond acceptors (Lipinski definition) is 4. The predicted molar refractivity (Wildman–Crippen MR) is 58.9 cm³/mol. The number of carbonyl (C=O) groups excluding carboxylic acids is 1. The number of aryl methyl sites for hydroxylation is 1. The van der Waals surface area contributed by atoms with Crippen LogP contribution in [-0.2, 0) is 4.74 Å². The van der Waals surface area contributed by atoms with Crippen LogP contribution in [0, 0.1) is 17.0 Å². The Morgan fingerprint density at radius 3 is 2.63 bits per heavy atom. The van der Waals surface area contributed by atoms with Crippen molar-refractivity contribution in [2.24, 2.45) is 0 Å². The standard InChI is InChI=1S/C10H9F3N2O4/c1-6-2-3-8(15(17)18)7(4-6)14-9(16)19-5-10(11,12)13/h2-4H,5H2,1H3,(H,14,16). The third-order valence-electron chi connectivity index (χ3n) is 1.95. The quantitative estimate of drug-likeness (QED) is 0.680. The fraction of sp³-hybridized carbons (Fsp3) is 0.300. The summed E-state index contributed by atoms with van der Waals surface area (Å²) in [5, 5.41) is 12.6. The van der Waals surface area contributed by atoms with Gasteiger partial charge in [0.1, 0.15) is 5.69 Å². The highest BCUT2D eigenvalue weighted by molar-refractivity contribution is 5.88. The molecule has 9 heteroatoms. The smallest absolute Gasteiger partial charge is 0.422 e. The first-order valence-electron chi connectivity index (χ1n) is 4.94. The number of amides is 1. The Kier molecular flexibility index (Phi) is 4.30. The third kappa shape index (κ3) is 4.82. The summed E-state index contributed by atoms with van der Waals surface area (Å²) < 4.78 is 39.3. The van der Waals surface area contributed by atoms with Crippen LogP contribution in [0.2, 0.25) is 0 Å². The van der Waals surface area contributed by atoms with E-state index >= 15 is 0 Å². The number of nitro groups is 1. The summed E-state index contributed by atoms with van der Waals surface area (Å²) in [6.07, 6.45) is -6.07. The van der Waals surface area contributed by atoms with Gasteiger partial charge in [-0.3, -0.25) is 15.4 Å². The van der Waals surface area contributed by atoms with Crippen LogP contribution in [0.15, 0.2) is 18.2 Å². The van der Waals surface area contributed by atoms with Gasteiger partial charge in [0, 0.05) is 6.07 Å². The van der Waals surface area contributed by atoms with E-state index in [4.69, 9.17) is 0 Å². The number of nitrogens with zero attached hydrogens (tertiary/aromatic N) is 1. The molecular weight excluding hydrogens is 269 g/mol. The summed E-state index contributed by atoms with van der Waals surface area (Å²) in [6, 6.07) is 3.83. The number of benzene rings is 1. The van der Waals surface area contributed by atoms with E-state index in [2.05, 4.69) is 4.74 Å². The van der Waals surface area contributed by atoms with Gasteiger partial charge < -0.3 is 4.74 Å². The lowest BCUT2D eigenvalue weighted by molar-refractivity contribution is -0.383. The Bertz CT molecular complexity index is 502. The minimum Gasteiger partial charge on any atom is -0.440 e. The Balaban J connectivity index is 2.78. The molecule has 0 aromatic heterocycles. The van der Waals surface area contributed by atoms with Gasteiger partial charge in [-0.05, 0) is 18.6 Å². The van der Waals surface area contributed by atoms with Crippen LogP contribution < -0.4 is 5.32 Å². The van der Waals surface area contributed by atoms with E-state index in [0.717, 1.165) is 6.07 Å². The molecule has 0 aliphatic rings. The maximum atomic E-state index is 11.8. The molecule has 0 radical (unpaired) electrons. The number of alkyl halides is 3. The van der Waals surface area contributed by atoms with Gasteiger partial charge in [0.25, 0.3) is 5.69 Å². The van der Waals surface area contributed by atoms with Crippen molar-refractivity contribution in [2.45, 2.75) is 13.1 Å². The van der Waals surface area contributed by atoms with Crippen LogP contribution in [0.3, 0.4) is 0 Å². The van der Waals surface area contributed by atoms with Crippen LogP contribution >= 0.6 is 0 Å². The molecular formula is C10H9F3N2O4. The first-order valence-corrected chi connectivity index (χ1v) is 4.94. The van der Waals surface area contributed by atoms with Crippen molar-refractivity contribution in [1.82, 2.24) is 0 Å². The van der Waals surface area contributed by atoms with E-state index < -0.39 is 29.5 Å². The number of nitro benzene ring substituents is 1. The molecule has 6 nitrogen and oxygen atoms in total. The highest BCUT2D eigenvalue weighted by Crippen LogP contribution is 2.25. The zero-order valence-electron chi connectivity index (χ0n) is 9.65. The molecule has 0 atom stereocenters. The minimum atomic E-state index is -4.66. The van der Waals surface area contributed by atoms with Crippen LogP contribution in [0.5, 0.6) is 0 Å². The second kappa shape index (κ2) is 5.55. The predicted octanol–water partition coefficient (Wildman–Crippen LogP) is 3.01. The topological polar surface area (TPSA) is 81.5 Å². The van der Waals surface area contributed by atoms with Crippen LogP contribution in [-0.4, -0.2) is 23.8 Å². The SMILES string of the molecule is Cc1ccc([N+](=O)[O-])c(NC(=O)OCC(F)(F)F)c1. The number of carbonyl (C=O) groups is 1. The lowest BCUT2D eigenvalue weighted by atomic mass is 10.2. The molecule has 0 heterocycles. The molecule has 0 unspecified atom stereocenters. The van der Waals surface area contributed by atoms with Gasteiger partial charge >= 0.3 is 12.3 Å². The molecule has 0 aliphatic carbocycles. The number of ether oxygens (including phenoxy) is 1. The second-order valence-corrected chi connectivity index (χ2v) is 3.59. The van der Waals surface area contributed by atoms with Gasteiger partial charge in [0.15, 0.2) is 6.61 Å². The molecule has 0 saturated heterocycles. The lowest BCUT2D eigenvalue weighted by Crippen LogP contribution is -2.23. The number of rotatable bonds is 3. The van der Waals surface area contributed by atoms with E-state index in [1.807, 2.05) is 5.32 Å². The summed E-state index contributed by atoms with van der Waals surface area (Å²) in [6.45, 7) is -0.158. The third-order valence-corrected chi connectivity index (χ3v) is 1.95. The number of nitrogens with one attached hydrogen (secondary N) is 1. The van der Waals surface area contributed by atoms with Gasteiger partial charge in [0.05, 0.1) is 4.92 Å². The maximum Gasteiger partial charge on any atom is 0.422 e. The molecule has 19 heavy (non-hydrogen) atoms. The zero-order chi connectivity index (χ0) is 14.6. The van der Waals surface area contributed by atoms with Crippen LogP contribution in [0.4, 0.5) is 29.3 Å². The highest BCUT2D eigenvalue weighted by atomic mass is 19.4. The van der Waals surface area contributed by atoms with Crippen molar-refractivity contribution in [1.29, 1.82) is 0 Å². The fourth-order valence-electron chi connectivity index (χ4n) is 1.20. The summed E-state index contributed by atoms with van der Waals surface area (Å²) in [5.74, 6) is 0. The molecule has 0 fully saturated rings. The van der Waals surface area contributed by atoms with E-state index in [1.165, 1.54) is 12.1 Å². The van der Waals surface area contributed by atoms with Crippen molar-refractivity contribution >= 4 is 17.5 Å². The fourth-order valence-corrected chi connectivity index (χ4v) is 1.20. The van der Waals surface area contributed by atoms with Gasteiger partial charge in [-0.15, -0.1) is 0 Å². The van der Waals surface area contributed by atoms with Crippen molar-refractivity contribution in [2.75, 3.05) is 11.9 Å². The highest BCUT2D eigenvalue weighted by Gasteiger charge is 2.30. The number of halogens is 3. The molecule has 0 bridgehead atoms. The Morgan fingerprint density at radius 2 is 2.11 bits per heavy atom. The number of hydrogen-bond donors (Lipinski definition) is 1. The summed E-state index contributed by atoms with van der Waals surface area (Å²) in [4.78, 5) is 21.0. The van der Waals surface area contributed by atoms with E-state index in [1.54, 1.807) is 6.92 Å². The first-order chi connectivity index (χ1) is 8.69. The summed E-state index contributed by atoms with van der Waals surface area (Å²) in [7, 11) is 0. The molecule has 0 saturated carbocycles. The van der Waals surface area contributed by atoms with Crippen molar-refractivity contribution in [3.05, 3.63) is 33.9 Å². The molecule has 1 aromatic carbocycles. The Hall–Kier alpha value is -2.32. The molecule has 104 valence electrons. The molecule has 0 spiro atoms. The first kappa shape index (κ1) is 14.7. The van der Waals surface area contributed by atoms with Gasteiger partial charge in [-0.1, -0.05) is 6.07 Å². The van der Waals surface area contributed by atoms with E-state index in [0.29, 0.717) is 5.56 Å². The zero-order valence-corrected chi connectivity index (χ0v) is 9.65. The normalized spacial score (nSPS) is 10.9. The molecule has 1 aromatic rings. The van der Waals surface area contributed by atoms with Gasteiger partial charge in [-0.25, -0.2) is 4.79 Å². The Labute approximate surface area is 105 Å². The number of anilines is 1. The lowest BCUT2D eigenvalue weighted by Gasteiger charge is -2.09. The van der Waals surface area contributed by atoms with Crippen molar-refractivity contribution in [3.63, 3.8) is 0 Å². The average Bonchev–Trinajstić information content (AvgIpc) is 2.25. The Morgan fingerprint density at radius 1 is 1.47 bits per heavy atom. The van der Waals surface area contributed by atoms with E-state index in [9.17, 15) is 28.1 Å². The average molecular weight is 278 g/mol. The molecule has 0 aliphatic heterocycles. The van der Waals surface area contributed by atoms with Crippen molar-refractivity contribution in [3.8, 4) is 0 Å². The maximum absolute atomic E-state index is 11.8. The van der Waals surface area contributed by atoms with Crippen LogP contribution in [0.1, 0.15) is 5.56 Å². The largest absolute Gasteiger partial charge is 0.440 e. The minimum absolute atomic E-state index is 0.225. The molecule has 1 rings (SSSR count). The van der Waals surface area contributed by atoms with Gasteiger partial charge in [0.2, 0.25) is 0 Å². The van der Waals surface area contributed by atoms with Crippen molar-refractivity contribution < 1.29 is 27.6 Å². The summed E-state index contributed by atoms with van der Waals surface area (Å²) in [5.41, 5.74) is -0.0662. The molecule has 1 amide bonds. The monoisotopic (exact) mass is 278 g/mol. The molecule has 1 N–H and O–H groups in total.